The van der Waals surface area contributed by atoms with Gasteiger partial charge in [0.05, 0.1) is 35.7 Å². The lowest BCUT2D eigenvalue weighted by Gasteiger charge is -2.11. The molecule has 0 spiro atoms. The van der Waals surface area contributed by atoms with Gasteiger partial charge in [0, 0.05) is 12.1 Å². The van der Waals surface area contributed by atoms with E-state index in [0.29, 0.717) is 11.3 Å². The SMILES string of the molecule is COc1ccc(S(=O)(=O)NCC[C@@H](O)c2ccoc2)cc1Cl. The van der Waals surface area contributed by atoms with E-state index in [2.05, 4.69) is 4.72 Å². The van der Waals surface area contributed by atoms with Crippen LogP contribution in [0, 0.1) is 0 Å². The normalized spacial score (nSPS) is 13.0. The zero-order valence-electron chi connectivity index (χ0n) is 11.8. The van der Waals surface area contributed by atoms with Crippen molar-refractivity contribution in [1.29, 1.82) is 0 Å². The Bertz CT molecular complexity index is 715. The van der Waals surface area contributed by atoms with Crippen molar-refractivity contribution in [3.05, 3.63) is 47.4 Å². The standard InChI is InChI=1S/C14H16ClNO5S/c1-20-14-3-2-11(8-12(14)15)22(18,19)16-6-4-13(17)10-5-7-21-9-10/h2-3,5,7-9,13,16-17H,4,6H2,1H3/t13-/m1/s1. The van der Waals surface area contributed by atoms with Crippen molar-refractivity contribution in [2.45, 2.75) is 17.4 Å². The first kappa shape index (κ1) is 16.8. The highest BCUT2D eigenvalue weighted by atomic mass is 35.5. The average molecular weight is 346 g/mol. The Kier molecular flexibility index (Phi) is 5.47. The van der Waals surface area contributed by atoms with Gasteiger partial charge in [-0.2, -0.15) is 0 Å². The number of aliphatic hydroxyl groups is 1. The van der Waals surface area contributed by atoms with Gasteiger partial charge in [-0.1, -0.05) is 11.6 Å². The average Bonchev–Trinajstić information content (AvgIpc) is 3.01. The second-order valence-electron chi connectivity index (χ2n) is 4.56. The molecule has 120 valence electrons. The molecule has 0 aliphatic heterocycles. The number of halogens is 1. The molecule has 0 amide bonds. The Hall–Kier alpha value is -1.54. The van der Waals surface area contributed by atoms with E-state index in [-0.39, 0.29) is 22.9 Å². The van der Waals surface area contributed by atoms with E-state index < -0.39 is 16.1 Å². The molecule has 0 saturated carbocycles. The molecule has 0 unspecified atom stereocenters. The molecular formula is C14H16ClNO5S. The maximum absolute atomic E-state index is 12.1. The minimum Gasteiger partial charge on any atom is -0.495 e. The largest absolute Gasteiger partial charge is 0.495 e. The number of nitrogens with one attached hydrogen (secondary N) is 1. The molecule has 1 aromatic heterocycles. The van der Waals surface area contributed by atoms with Crippen LogP contribution in [0.3, 0.4) is 0 Å². The van der Waals surface area contributed by atoms with E-state index in [1.54, 1.807) is 6.07 Å². The summed E-state index contributed by atoms with van der Waals surface area (Å²) in [6.07, 6.45) is 2.30. The molecule has 1 aromatic carbocycles. The molecule has 22 heavy (non-hydrogen) atoms. The molecule has 6 nitrogen and oxygen atoms in total. The van der Waals surface area contributed by atoms with E-state index in [9.17, 15) is 13.5 Å². The monoisotopic (exact) mass is 345 g/mol. The van der Waals surface area contributed by atoms with Crippen molar-refractivity contribution in [2.75, 3.05) is 13.7 Å². The number of hydrogen-bond acceptors (Lipinski definition) is 5. The summed E-state index contributed by atoms with van der Waals surface area (Å²) in [6.45, 7) is 0.0817. The third-order valence-corrected chi connectivity index (χ3v) is 4.83. The van der Waals surface area contributed by atoms with Crippen LogP contribution < -0.4 is 9.46 Å². The van der Waals surface area contributed by atoms with Gasteiger partial charge in [0.15, 0.2) is 0 Å². The summed E-state index contributed by atoms with van der Waals surface area (Å²) in [5.41, 5.74) is 0.603. The molecule has 0 aliphatic carbocycles. The van der Waals surface area contributed by atoms with Gasteiger partial charge in [0.1, 0.15) is 5.75 Å². The lowest BCUT2D eigenvalue weighted by atomic mass is 10.1. The summed E-state index contributed by atoms with van der Waals surface area (Å²) in [5, 5.41) is 10.1. The minimum absolute atomic E-state index is 0.0381. The summed E-state index contributed by atoms with van der Waals surface area (Å²) >= 11 is 5.92. The molecule has 1 atom stereocenters. The van der Waals surface area contributed by atoms with Crippen molar-refractivity contribution in [2.24, 2.45) is 0 Å². The van der Waals surface area contributed by atoms with Gasteiger partial charge in [-0.3, -0.25) is 0 Å². The van der Waals surface area contributed by atoms with Gasteiger partial charge in [-0.05, 0) is 30.7 Å². The van der Waals surface area contributed by atoms with Crippen LogP contribution in [0.1, 0.15) is 18.1 Å². The summed E-state index contributed by atoms with van der Waals surface area (Å²) in [5.74, 6) is 0.399. The Balaban J connectivity index is 1.98. The zero-order valence-corrected chi connectivity index (χ0v) is 13.4. The fraction of sp³-hybridized carbons (Fsp3) is 0.286. The van der Waals surface area contributed by atoms with E-state index in [4.69, 9.17) is 20.8 Å². The first-order valence-electron chi connectivity index (χ1n) is 6.47. The van der Waals surface area contributed by atoms with E-state index in [1.807, 2.05) is 0 Å². The number of furan rings is 1. The van der Waals surface area contributed by atoms with Crippen LogP contribution in [0.4, 0.5) is 0 Å². The van der Waals surface area contributed by atoms with Gasteiger partial charge in [0.25, 0.3) is 0 Å². The third kappa shape index (κ3) is 4.01. The molecule has 2 aromatic rings. The van der Waals surface area contributed by atoms with Crippen LogP contribution >= 0.6 is 11.6 Å². The molecule has 0 fully saturated rings. The molecule has 1 heterocycles. The highest BCUT2D eigenvalue weighted by Crippen LogP contribution is 2.26. The lowest BCUT2D eigenvalue weighted by molar-refractivity contribution is 0.168. The number of hydrogen-bond donors (Lipinski definition) is 2. The molecule has 2 rings (SSSR count). The van der Waals surface area contributed by atoms with E-state index in [1.165, 1.54) is 37.8 Å². The highest BCUT2D eigenvalue weighted by molar-refractivity contribution is 7.89. The number of ether oxygens (including phenoxy) is 1. The first-order chi connectivity index (χ1) is 10.4. The summed E-state index contributed by atoms with van der Waals surface area (Å²) in [4.78, 5) is 0.0381. The second-order valence-corrected chi connectivity index (χ2v) is 6.73. The van der Waals surface area contributed by atoms with Crippen molar-refractivity contribution in [1.82, 2.24) is 4.72 Å². The van der Waals surface area contributed by atoms with Crippen molar-refractivity contribution in [3.63, 3.8) is 0 Å². The predicted molar refractivity (Wildman–Crippen MR) is 81.5 cm³/mol. The molecule has 0 radical (unpaired) electrons. The van der Waals surface area contributed by atoms with Gasteiger partial charge in [-0.25, -0.2) is 13.1 Å². The fourth-order valence-electron chi connectivity index (χ4n) is 1.86. The third-order valence-electron chi connectivity index (χ3n) is 3.07. The Morgan fingerprint density at radius 1 is 1.41 bits per heavy atom. The highest BCUT2D eigenvalue weighted by Gasteiger charge is 2.17. The smallest absolute Gasteiger partial charge is 0.240 e. The Morgan fingerprint density at radius 3 is 2.77 bits per heavy atom. The minimum atomic E-state index is -3.70. The molecule has 0 bridgehead atoms. The maximum atomic E-state index is 12.1. The van der Waals surface area contributed by atoms with Gasteiger partial charge in [0.2, 0.25) is 10.0 Å². The van der Waals surface area contributed by atoms with Crippen LogP contribution in [0.2, 0.25) is 5.02 Å². The van der Waals surface area contributed by atoms with Crippen LogP contribution in [-0.4, -0.2) is 27.2 Å². The molecule has 8 heteroatoms. The molecular weight excluding hydrogens is 330 g/mol. The van der Waals surface area contributed by atoms with Crippen molar-refractivity contribution in [3.8, 4) is 5.75 Å². The van der Waals surface area contributed by atoms with Gasteiger partial charge in [-0.15, -0.1) is 0 Å². The molecule has 2 N–H and O–H groups in total. The van der Waals surface area contributed by atoms with Crippen LogP contribution in [-0.2, 0) is 10.0 Å². The summed E-state index contributed by atoms with van der Waals surface area (Å²) in [7, 11) is -2.25. The zero-order chi connectivity index (χ0) is 16.2. The van der Waals surface area contributed by atoms with Crippen LogP contribution in [0.5, 0.6) is 5.75 Å². The van der Waals surface area contributed by atoms with Gasteiger partial charge < -0.3 is 14.3 Å². The van der Waals surface area contributed by atoms with E-state index >= 15 is 0 Å². The summed E-state index contributed by atoms with van der Waals surface area (Å²) < 4.78 is 36.5. The Labute approximate surface area is 133 Å². The summed E-state index contributed by atoms with van der Waals surface area (Å²) in [6, 6.07) is 5.83. The number of methoxy groups -OCH3 is 1. The second kappa shape index (κ2) is 7.15. The van der Waals surface area contributed by atoms with Crippen molar-refractivity contribution >= 4 is 21.6 Å². The maximum Gasteiger partial charge on any atom is 0.240 e. The van der Waals surface area contributed by atoms with Crippen LogP contribution in [0.15, 0.2) is 46.1 Å². The fourth-order valence-corrected chi connectivity index (χ4v) is 3.25. The number of sulfonamides is 1. The lowest BCUT2D eigenvalue weighted by Crippen LogP contribution is -2.26. The van der Waals surface area contributed by atoms with Gasteiger partial charge >= 0.3 is 0 Å². The topological polar surface area (TPSA) is 88.8 Å². The number of aliphatic hydroxyl groups excluding tert-OH is 1. The number of rotatable bonds is 7. The van der Waals surface area contributed by atoms with Crippen LogP contribution in [0.25, 0.3) is 0 Å². The number of benzene rings is 1. The predicted octanol–water partition coefficient (Wildman–Crippen LogP) is 2.34. The first-order valence-corrected chi connectivity index (χ1v) is 8.33. The quantitative estimate of drug-likeness (QED) is 0.804. The molecule has 0 saturated heterocycles. The van der Waals surface area contributed by atoms with Crippen molar-refractivity contribution < 1.29 is 22.7 Å². The Morgan fingerprint density at radius 2 is 2.18 bits per heavy atom. The molecule has 0 aliphatic rings. The van der Waals surface area contributed by atoms with E-state index in [0.717, 1.165) is 0 Å².